The summed E-state index contributed by atoms with van der Waals surface area (Å²) < 4.78 is 0. The highest BCUT2D eigenvalue weighted by Gasteiger charge is 2.23. The standard InChI is InChI=1S/C18H10Cl4/c1-3-17(11-5-13(19)9-14(20)6-11)18(4-2)12-7-15(21)10-16(22)8-12/h1-2,5-10,17-18H/t17-,18-/m1/s1. The van der Waals surface area contributed by atoms with Gasteiger partial charge in [-0.1, -0.05) is 58.2 Å². The van der Waals surface area contributed by atoms with Gasteiger partial charge in [0.25, 0.3) is 0 Å². The number of benzene rings is 2. The van der Waals surface area contributed by atoms with Crippen LogP contribution < -0.4 is 0 Å². The first-order valence-corrected chi connectivity index (χ1v) is 7.80. The molecule has 0 radical (unpaired) electrons. The number of rotatable bonds is 3. The van der Waals surface area contributed by atoms with E-state index in [4.69, 9.17) is 59.3 Å². The monoisotopic (exact) mass is 366 g/mol. The van der Waals surface area contributed by atoms with E-state index in [9.17, 15) is 0 Å². The maximum atomic E-state index is 6.05. The highest BCUT2D eigenvalue weighted by molar-refractivity contribution is 6.35. The van der Waals surface area contributed by atoms with Gasteiger partial charge >= 0.3 is 0 Å². The molecule has 2 aromatic rings. The summed E-state index contributed by atoms with van der Waals surface area (Å²) in [6.45, 7) is 0. The van der Waals surface area contributed by atoms with Crippen LogP contribution in [0.4, 0.5) is 0 Å². The van der Waals surface area contributed by atoms with E-state index in [-0.39, 0.29) is 0 Å². The Morgan fingerprint density at radius 2 is 0.864 bits per heavy atom. The van der Waals surface area contributed by atoms with Crippen LogP contribution in [-0.2, 0) is 0 Å². The van der Waals surface area contributed by atoms with E-state index in [1.165, 1.54) is 0 Å². The number of hydrogen-bond acceptors (Lipinski definition) is 0. The third-order valence-electron chi connectivity index (χ3n) is 3.18. The lowest BCUT2D eigenvalue weighted by molar-refractivity contribution is 0.782. The molecule has 0 aliphatic carbocycles. The highest BCUT2D eigenvalue weighted by Crippen LogP contribution is 2.36. The minimum atomic E-state index is -0.393. The molecule has 0 heterocycles. The summed E-state index contributed by atoms with van der Waals surface area (Å²) in [5.41, 5.74) is 1.55. The Morgan fingerprint density at radius 3 is 1.09 bits per heavy atom. The van der Waals surface area contributed by atoms with Gasteiger partial charge in [-0.2, -0.15) is 0 Å². The first-order chi connectivity index (χ1) is 10.4. The van der Waals surface area contributed by atoms with Crippen LogP contribution in [0.25, 0.3) is 0 Å². The van der Waals surface area contributed by atoms with Crippen molar-refractivity contribution in [3.63, 3.8) is 0 Å². The second-order valence-electron chi connectivity index (χ2n) is 4.69. The van der Waals surface area contributed by atoms with Crippen LogP contribution in [0.2, 0.25) is 20.1 Å². The number of halogens is 4. The SMILES string of the molecule is C#C[C@H](c1cc(Cl)cc(Cl)c1)[C@H](C#C)c1cc(Cl)cc(Cl)c1. The third-order valence-corrected chi connectivity index (χ3v) is 4.05. The van der Waals surface area contributed by atoms with Gasteiger partial charge in [0.1, 0.15) is 0 Å². The molecule has 2 rings (SSSR count). The molecule has 4 heteroatoms. The second kappa shape index (κ2) is 7.32. The summed E-state index contributed by atoms with van der Waals surface area (Å²) in [5.74, 6) is 4.64. The average molecular weight is 368 g/mol. The van der Waals surface area contributed by atoms with Crippen LogP contribution in [0.15, 0.2) is 36.4 Å². The minimum Gasteiger partial charge on any atom is -0.119 e. The van der Waals surface area contributed by atoms with Crippen molar-refractivity contribution in [1.82, 2.24) is 0 Å². The van der Waals surface area contributed by atoms with Crippen molar-refractivity contribution in [3.05, 3.63) is 67.6 Å². The molecule has 0 aliphatic rings. The van der Waals surface area contributed by atoms with Gasteiger partial charge in [0.15, 0.2) is 0 Å². The van der Waals surface area contributed by atoms with E-state index in [0.29, 0.717) is 20.1 Å². The molecule has 2 aromatic carbocycles. The van der Waals surface area contributed by atoms with E-state index < -0.39 is 11.8 Å². The van der Waals surface area contributed by atoms with Gasteiger partial charge in [0.05, 0.1) is 11.8 Å². The Morgan fingerprint density at radius 1 is 0.591 bits per heavy atom. The van der Waals surface area contributed by atoms with E-state index in [1.54, 1.807) is 36.4 Å². The van der Waals surface area contributed by atoms with Crippen LogP contribution in [0, 0.1) is 24.7 Å². The zero-order chi connectivity index (χ0) is 16.3. The fourth-order valence-electron chi connectivity index (χ4n) is 2.28. The molecule has 0 aliphatic heterocycles. The van der Waals surface area contributed by atoms with Crippen molar-refractivity contribution < 1.29 is 0 Å². The Kier molecular flexibility index (Phi) is 5.69. The van der Waals surface area contributed by atoms with Crippen molar-refractivity contribution in [3.8, 4) is 24.7 Å². The van der Waals surface area contributed by atoms with E-state index >= 15 is 0 Å². The summed E-state index contributed by atoms with van der Waals surface area (Å²) in [6, 6.07) is 10.3. The van der Waals surface area contributed by atoms with E-state index in [1.807, 2.05) is 0 Å². The molecule has 0 nitrogen and oxygen atoms in total. The molecule has 0 N–H and O–H groups in total. The van der Waals surface area contributed by atoms with Crippen LogP contribution in [0.1, 0.15) is 23.0 Å². The smallest absolute Gasteiger partial charge is 0.0629 e. The van der Waals surface area contributed by atoms with Crippen LogP contribution in [-0.4, -0.2) is 0 Å². The predicted octanol–water partition coefficient (Wildman–Crippen LogP) is 6.43. The maximum absolute atomic E-state index is 6.05. The predicted molar refractivity (Wildman–Crippen MR) is 96.1 cm³/mol. The van der Waals surface area contributed by atoms with Crippen LogP contribution in [0.3, 0.4) is 0 Å². The van der Waals surface area contributed by atoms with Gasteiger partial charge in [0.2, 0.25) is 0 Å². The maximum Gasteiger partial charge on any atom is 0.0629 e. The lowest BCUT2D eigenvalue weighted by Gasteiger charge is -2.20. The lowest BCUT2D eigenvalue weighted by atomic mass is 9.82. The fraction of sp³-hybridized carbons (Fsp3) is 0.111. The molecule has 22 heavy (non-hydrogen) atoms. The van der Waals surface area contributed by atoms with E-state index in [2.05, 4.69) is 11.8 Å². The largest absolute Gasteiger partial charge is 0.119 e. The second-order valence-corrected chi connectivity index (χ2v) is 6.44. The normalized spacial score (nSPS) is 13.0. The quantitative estimate of drug-likeness (QED) is 0.548. The molecule has 110 valence electrons. The van der Waals surface area contributed by atoms with Crippen molar-refractivity contribution >= 4 is 46.4 Å². The third kappa shape index (κ3) is 3.92. The number of hydrogen-bond donors (Lipinski definition) is 0. The number of terminal acetylenes is 2. The molecule has 0 saturated carbocycles. The Balaban J connectivity index is 2.52. The van der Waals surface area contributed by atoms with Crippen LogP contribution in [0.5, 0.6) is 0 Å². The highest BCUT2D eigenvalue weighted by atomic mass is 35.5. The Bertz CT molecular complexity index is 673. The van der Waals surface area contributed by atoms with Gasteiger partial charge in [-0.25, -0.2) is 0 Å². The molecule has 0 fully saturated rings. The van der Waals surface area contributed by atoms with Crippen molar-refractivity contribution in [2.75, 3.05) is 0 Å². The first kappa shape index (κ1) is 17.1. The summed E-state index contributed by atoms with van der Waals surface area (Å²) in [4.78, 5) is 0. The zero-order valence-electron chi connectivity index (χ0n) is 11.3. The molecular weight excluding hydrogens is 358 g/mol. The van der Waals surface area contributed by atoms with Crippen molar-refractivity contribution in [2.24, 2.45) is 0 Å². The summed E-state index contributed by atoms with van der Waals surface area (Å²) in [7, 11) is 0. The molecule has 0 bridgehead atoms. The van der Waals surface area contributed by atoms with Gasteiger partial charge in [-0.15, -0.1) is 12.8 Å². The molecule has 0 unspecified atom stereocenters. The molecular formula is C18H10Cl4. The Hall–Kier alpha value is -1.28. The van der Waals surface area contributed by atoms with E-state index in [0.717, 1.165) is 11.1 Å². The Labute approximate surface area is 150 Å². The summed E-state index contributed by atoms with van der Waals surface area (Å²) in [6.07, 6.45) is 11.4. The molecule has 0 amide bonds. The van der Waals surface area contributed by atoms with Crippen LogP contribution >= 0.6 is 46.4 Å². The minimum absolute atomic E-state index is 0.393. The van der Waals surface area contributed by atoms with Gasteiger partial charge in [-0.05, 0) is 47.5 Å². The van der Waals surface area contributed by atoms with Crippen molar-refractivity contribution in [1.29, 1.82) is 0 Å². The average Bonchev–Trinajstić information content (AvgIpc) is 2.42. The lowest BCUT2D eigenvalue weighted by Crippen LogP contribution is -2.08. The molecule has 0 saturated heterocycles. The topological polar surface area (TPSA) is 0 Å². The summed E-state index contributed by atoms with van der Waals surface area (Å²) >= 11 is 24.2. The molecule has 2 atom stereocenters. The zero-order valence-corrected chi connectivity index (χ0v) is 14.3. The van der Waals surface area contributed by atoms with Crippen molar-refractivity contribution in [2.45, 2.75) is 11.8 Å². The molecule has 0 aromatic heterocycles. The first-order valence-electron chi connectivity index (χ1n) is 6.29. The van der Waals surface area contributed by atoms with Gasteiger partial charge in [0, 0.05) is 20.1 Å². The molecule has 0 spiro atoms. The fourth-order valence-corrected chi connectivity index (χ4v) is 3.37. The van der Waals surface area contributed by atoms with Gasteiger partial charge < -0.3 is 0 Å². The summed E-state index contributed by atoms with van der Waals surface area (Å²) in [5, 5.41) is 2.01. The van der Waals surface area contributed by atoms with Gasteiger partial charge in [-0.3, -0.25) is 0 Å².